The average Bonchev–Trinajstić information content (AvgIpc) is 3.73. The first-order valence-corrected chi connectivity index (χ1v) is 14.1. The van der Waals surface area contributed by atoms with Crippen LogP contribution < -0.4 is 10.5 Å². The summed E-state index contributed by atoms with van der Waals surface area (Å²) >= 11 is 1.71. The van der Waals surface area contributed by atoms with Crippen LogP contribution in [0.15, 0.2) is 70.1 Å². The van der Waals surface area contributed by atoms with Crippen LogP contribution in [0.4, 0.5) is 5.13 Å². The number of H-pyrrole nitrogens is 1. The summed E-state index contributed by atoms with van der Waals surface area (Å²) in [5.74, 6) is 1.35. The number of pyridine rings is 1. The zero-order valence-corrected chi connectivity index (χ0v) is 23.1. The molecule has 5 heterocycles. The smallest absolute Gasteiger partial charge is 0.253 e. The van der Waals surface area contributed by atoms with Crippen LogP contribution in [-0.2, 0) is 6.54 Å². The van der Waals surface area contributed by atoms with E-state index >= 15 is 0 Å². The summed E-state index contributed by atoms with van der Waals surface area (Å²) in [7, 11) is 0. The number of furan rings is 1. The molecule has 0 spiro atoms. The van der Waals surface area contributed by atoms with E-state index in [1.54, 1.807) is 22.3 Å². The minimum absolute atomic E-state index is 0.137. The number of piperazine rings is 1. The largest absolute Gasteiger partial charge is 0.467 e. The highest BCUT2D eigenvalue weighted by atomic mass is 32.1. The van der Waals surface area contributed by atoms with Crippen LogP contribution in [-0.4, -0.2) is 61.3 Å². The number of tetrazole rings is 1. The lowest BCUT2D eigenvalue weighted by Crippen LogP contribution is -2.49. The molecule has 1 fully saturated rings. The van der Waals surface area contributed by atoms with Crippen molar-refractivity contribution in [3.63, 3.8) is 0 Å². The highest BCUT2D eigenvalue weighted by molar-refractivity contribution is 7.22. The second kappa shape index (κ2) is 10.00. The molecule has 0 amide bonds. The quantitative estimate of drug-likeness (QED) is 0.326. The summed E-state index contributed by atoms with van der Waals surface area (Å²) < 4.78 is 8.49. The molecule has 202 valence electrons. The van der Waals surface area contributed by atoms with E-state index < -0.39 is 6.04 Å². The first-order chi connectivity index (χ1) is 19.5. The molecule has 0 bridgehead atoms. The lowest BCUT2D eigenvalue weighted by Gasteiger charge is -2.38. The Morgan fingerprint density at radius 2 is 1.85 bits per heavy atom. The first kappa shape index (κ1) is 24.7. The second-order valence-electron chi connectivity index (χ2n) is 10.2. The van der Waals surface area contributed by atoms with Gasteiger partial charge in [0.2, 0.25) is 0 Å². The monoisotopic (exact) mass is 552 g/mol. The highest BCUT2D eigenvalue weighted by Crippen LogP contribution is 2.32. The van der Waals surface area contributed by atoms with Crippen LogP contribution in [0.2, 0.25) is 0 Å². The molecule has 7 rings (SSSR count). The van der Waals surface area contributed by atoms with Crippen molar-refractivity contribution >= 4 is 37.6 Å². The number of nitrogens with one attached hydrogen (secondary N) is 1. The Balaban J connectivity index is 1.26. The Kier molecular flexibility index (Phi) is 6.17. The number of rotatable bonds is 6. The molecule has 11 heteroatoms. The topological polar surface area (TPSA) is 109 Å². The van der Waals surface area contributed by atoms with Crippen LogP contribution in [0.5, 0.6) is 0 Å². The maximum absolute atomic E-state index is 13.6. The lowest BCUT2D eigenvalue weighted by atomic mass is 10.0. The predicted molar refractivity (Wildman–Crippen MR) is 155 cm³/mol. The van der Waals surface area contributed by atoms with E-state index in [1.807, 2.05) is 36.4 Å². The van der Waals surface area contributed by atoms with Gasteiger partial charge in [-0.1, -0.05) is 23.5 Å². The SMILES string of the molecule is Cc1cc2cc([C@H](c3nnnn3Cc3ccco3)N3CCN(c4nc5ccccc5s4)CC3)c(=O)[nH]c2cc1C. The number of anilines is 1. The molecule has 4 aromatic heterocycles. The molecule has 2 aromatic carbocycles. The molecular weight excluding hydrogens is 524 g/mol. The van der Waals surface area contributed by atoms with E-state index in [4.69, 9.17) is 9.40 Å². The molecule has 6 aromatic rings. The van der Waals surface area contributed by atoms with Gasteiger partial charge < -0.3 is 14.3 Å². The maximum Gasteiger partial charge on any atom is 0.253 e. The number of aromatic nitrogens is 6. The van der Waals surface area contributed by atoms with Crippen LogP contribution in [0.3, 0.4) is 0 Å². The molecule has 1 N–H and O–H groups in total. The highest BCUT2D eigenvalue weighted by Gasteiger charge is 2.33. The third-order valence-corrected chi connectivity index (χ3v) is 8.80. The van der Waals surface area contributed by atoms with Gasteiger partial charge in [-0.2, -0.15) is 0 Å². The number of para-hydroxylation sites is 1. The van der Waals surface area contributed by atoms with Crippen LogP contribution in [0.25, 0.3) is 21.1 Å². The Morgan fingerprint density at radius 1 is 1.02 bits per heavy atom. The summed E-state index contributed by atoms with van der Waals surface area (Å²) in [5.41, 5.74) is 4.65. The third kappa shape index (κ3) is 4.46. The van der Waals surface area contributed by atoms with Gasteiger partial charge in [0, 0.05) is 37.3 Å². The molecule has 0 unspecified atom stereocenters. The number of fused-ring (bicyclic) bond motifs is 2. The molecular formula is C29H28N8O2S. The van der Waals surface area contributed by atoms with Gasteiger partial charge in [-0.3, -0.25) is 9.69 Å². The minimum Gasteiger partial charge on any atom is -0.467 e. The van der Waals surface area contributed by atoms with E-state index in [-0.39, 0.29) is 5.56 Å². The number of thiazole rings is 1. The molecule has 0 radical (unpaired) electrons. The van der Waals surface area contributed by atoms with Crippen LogP contribution >= 0.6 is 11.3 Å². The number of hydrogen-bond acceptors (Lipinski definition) is 9. The molecule has 0 saturated carbocycles. The van der Waals surface area contributed by atoms with Crippen molar-refractivity contribution in [1.29, 1.82) is 0 Å². The van der Waals surface area contributed by atoms with Crippen LogP contribution in [0, 0.1) is 13.8 Å². The summed E-state index contributed by atoms with van der Waals surface area (Å²) in [6.45, 7) is 7.51. The fourth-order valence-electron chi connectivity index (χ4n) is 5.43. The Bertz CT molecular complexity index is 1830. The summed E-state index contributed by atoms with van der Waals surface area (Å²) in [6.07, 6.45) is 1.64. The van der Waals surface area contributed by atoms with Gasteiger partial charge in [0.05, 0.1) is 16.5 Å². The minimum atomic E-state index is -0.433. The zero-order valence-electron chi connectivity index (χ0n) is 22.2. The average molecular weight is 553 g/mol. The van der Waals surface area contributed by atoms with E-state index in [1.165, 1.54) is 10.3 Å². The fourth-order valence-corrected chi connectivity index (χ4v) is 6.45. The molecule has 40 heavy (non-hydrogen) atoms. The van der Waals surface area contributed by atoms with Crippen LogP contribution in [0.1, 0.15) is 34.3 Å². The van der Waals surface area contributed by atoms with Gasteiger partial charge in [0.15, 0.2) is 11.0 Å². The number of aryl methyl sites for hydroxylation is 2. The normalized spacial score (nSPS) is 15.3. The van der Waals surface area contributed by atoms with Crippen molar-refractivity contribution in [1.82, 2.24) is 35.1 Å². The number of benzene rings is 2. The predicted octanol–water partition coefficient (Wildman–Crippen LogP) is 4.29. The van der Waals surface area contributed by atoms with E-state index in [0.29, 0.717) is 17.9 Å². The van der Waals surface area contributed by atoms with Crippen molar-refractivity contribution in [3.05, 3.63) is 99.5 Å². The molecule has 10 nitrogen and oxygen atoms in total. The van der Waals surface area contributed by atoms with Gasteiger partial charge in [-0.25, -0.2) is 9.67 Å². The fraction of sp³-hybridized carbons (Fsp3) is 0.276. The third-order valence-electron chi connectivity index (χ3n) is 7.70. The van der Waals surface area contributed by atoms with E-state index in [2.05, 4.69) is 62.4 Å². The summed E-state index contributed by atoms with van der Waals surface area (Å²) in [6, 6.07) is 17.7. The van der Waals surface area contributed by atoms with E-state index in [0.717, 1.165) is 59.1 Å². The van der Waals surface area contributed by atoms with Gasteiger partial charge in [-0.15, -0.1) is 5.10 Å². The molecule has 1 aliphatic heterocycles. The van der Waals surface area contributed by atoms with Crippen molar-refractivity contribution in [3.8, 4) is 0 Å². The molecule has 1 saturated heterocycles. The number of aromatic amines is 1. The van der Waals surface area contributed by atoms with Gasteiger partial charge in [-0.05, 0) is 83.3 Å². The Morgan fingerprint density at radius 3 is 2.65 bits per heavy atom. The number of nitrogens with zero attached hydrogens (tertiary/aromatic N) is 7. The van der Waals surface area contributed by atoms with Crippen molar-refractivity contribution in [2.45, 2.75) is 26.4 Å². The molecule has 0 aliphatic carbocycles. The van der Waals surface area contributed by atoms with E-state index in [9.17, 15) is 4.79 Å². The van der Waals surface area contributed by atoms with Gasteiger partial charge in [0.25, 0.3) is 5.56 Å². The van der Waals surface area contributed by atoms with Gasteiger partial charge in [0.1, 0.15) is 18.3 Å². The summed E-state index contributed by atoms with van der Waals surface area (Å²) in [4.78, 5) is 26.2. The standard InChI is InChI=1S/C29H28N8O2S/c1-18-14-20-16-22(28(38)30-24(20)15-19(18)2)26(27-32-33-34-37(27)17-21-6-5-13-39-21)35-9-11-36(12-10-35)29-31-23-7-3-4-8-25(23)40-29/h3-8,13-16,26H,9-12,17H2,1-2H3,(H,30,38)/t26-/m1/s1. The Hall–Kier alpha value is -4.35. The molecule has 1 atom stereocenters. The molecule has 1 aliphatic rings. The first-order valence-electron chi connectivity index (χ1n) is 13.3. The lowest BCUT2D eigenvalue weighted by molar-refractivity contribution is 0.200. The second-order valence-corrected chi connectivity index (χ2v) is 11.3. The van der Waals surface area contributed by atoms with Crippen molar-refractivity contribution < 1.29 is 4.42 Å². The zero-order chi connectivity index (χ0) is 27.2. The van der Waals surface area contributed by atoms with Crippen molar-refractivity contribution in [2.75, 3.05) is 31.1 Å². The van der Waals surface area contributed by atoms with Gasteiger partial charge >= 0.3 is 0 Å². The maximum atomic E-state index is 13.6. The summed E-state index contributed by atoms with van der Waals surface area (Å²) in [5, 5.41) is 14.7. The van der Waals surface area contributed by atoms with Crippen molar-refractivity contribution in [2.24, 2.45) is 0 Å². The Labute approximate surface area is 233 Å². The number of hydrogen-bond donors (Lipinski definition) is 1.